The summed E-state index contributed by atoms with van der Waals surface area (Å²) in [5, 5.41) is 14.1. The summed E-state index contributed by atoms with van der Waals surface area (Å²) in [4.78, 5) is 25.2. The fourth-order valence-electron chi connectivity index (χ4n) is 2.91. The van der Waals surface area contributed by atoms with Crippen molar-refractivity contribution >= 4 is 17.3 Å². The SMILES string of the molecule is CNc1ccc([N+](=O)[O-])c(C(=O)N2CCCC2C(C)C)c1. The number of rotatable bonds is 4. The van der Waals surface area contributed by atoms with Gasteiger partial charge in [-0.15, -0.1) is 0 Å². The highest BCUT2D eigenvalue weighted by atomic mass is 16.6. The monoisotopic (exact) mass is 291 g/mol. The van der Waals surface area contributed by atoms with E-state index in [1.54, 1.807) is 24.1 Å². The van der Waals surface area contributed by atoms with Crippen LogP contribution in [0.4, 0.5) is 11.4 Å². The lowest BCUT2D eigenvalue weighted by Crippen LogP contribution is -2.38. The zero-order valence-corrected chi connectivity index (χ0v) is 12.6. The van der Waals surface area contributed by atoms with Gasteiger partial charge < -0.3 is 10.2 Å². The van der Waals surface area contributed by atoms with Crippen molar-refractivity contribution in [2.24, 2.45) is 5.92 Å². The number of nitro benzene ring substituents is 1. The molecule has 1 unspecified atom stereocenters. The number of likely N-dealkylation sites (tertiary alicyclic amines) is 1. The van der Waals surface area contributed by atoms with Crippen molar-refractivity contribution in [3.05, 3.63) is 33.9 Å². The molecule has 0 radical (unpaired) electrons. The number of anilines is 1. The Morgan fingerprint density at radius 1 is 1.48 bits per heavy atom. The molecule has 0 spiro atoms. The van der Waals surface area contributed by atoms with E-state index >= 15 is 0 Å². The van der Waals surface area contributed by atoms with Gasteiger partial charge in [0.05, 0.1) is 4.92 Å². The van der Waals surface area contributed by atoms with Crippen LogP contribution < -0.4 is 5.32 Å². The summed E-state index contributed by atoms with van der Waals surface area (Å²) in [7, 11) is 1.72. The molecule has 2 rings (SSSR count). The summed E-state index contributed by atoms with van der Waals surface area (Å²) in [5.74, 6) is 0.109. The van der Waals surface area contributed by atoms with E-state index < -0.39 is 4.92 Å². The number of hydrogen-bond acceptors (Lipinski definition) is 4. The van der Waals surface area contributed by atoms with Crippen LogP contribution in [-0.2, 0) is 0 Å². The molecule has 0 saturated carbocycles. The molecule has 21 heavy (non-hydrogen) atoms. The van der Waals surface area contributed by atoms with E-state index in [9.17, 15) is 14.9 Å². The minimum Gasteiger partial charge on any atom is -0.388 e. The van der Waals surface area contributed by atoms with Gasteiger partial charge >= 0.3 is 0 Å². The Bertz CT molecular complexity index is 557. The number of nitrogens with zero attached hydrogens (tertiary/aromatic N) is 2. The number of amides is 1. The van der Waals surface area contributed by atoms with Gasteiger partial charge in [-0.2, -0.15) is 0 Å². The van der Waals surface area contributed by atoms with Crippen LogP contribution >= 0.6 is 0 Å². The highest BCUT2D eigenvalue weighted by Gasteiger charge is 2.34. The average molecular weight is 291 g/mol. The van der Waals surface area contributed by atoms with Gasteiger partial charge in [-0.05, 0) is 30.9 Å². The summed E-state index contributed by atoms with van der Waals surface area (Å²) in [6.07, 6.45) is 1.91. The zero-order valence-electron chi connectivity index (χ0n) is 12.6. The second-order valence-corrected chi connectivity index (χ2v) is 5.69. The molecular weight excluding hydrogens is 270 g/mol. The third kappa shape index (κ3) is 2.99. The highest BCUT2D eigenvalue weighted by molar-refractivity contribution is 5.99. The molecule has 1 aromatic rings. The Labute approximate surface area is 124 Å². The number of benzene rings is 1. The van der Waals surface area contributed by atoms with Crippen molar-refractivity contribution in [3.8, 4) is 0 Å². The molecule has 1 amide bonds. The molecule has 1 fully saturated rings. The Morgan fingerprint density at radius 3 is 2.76 bits per heavy atom. The lowest BCUT2D eigenvalue weighted by Gasteiger charge is -2.27. The summed E-state index contributed by atoms with van der Waals surface area (Å²) < 4.78 is 0. The van der Waals surface area contributed by atoms with Crippen LogP contribution in [0, 0.1) is 16.0 Å². The zero-order chi connectivity index (χ0) is 15.6. The van der Waals surface area contributed by atoms with Gasteiger partial charge in [0.25, 0.3) is 11.6 Å². The predicted octanol–water partition coefficient (Wildman–Crippen LogP) is 2.90. The van der Waals surface area contributed by atoms with Crippen molar-refractivity contribution in [3.63, 3.8) is 0 Å². The van der Waals surface area contributed by atoms with Gasteiger partial charge in [0.1, 0.15) is 5.56 Å². The number of nitrogens with one attached hydrogen (secondary N) is 1. The van der Waals surface area contributed by atoms with Gasteiger partial charge in [0.2, 0.25) is 0 Å². The Hall–Kier alpha value is -2.11. The van der Waals surface area contributed by atoms with Gasteiger partial charge in [0, 0.05) is 31.4 Å². The molecule has 6 heteroatoms. The summed E-state index contributed by atoms with van der Waals surface area (Å²) in [5.41, 5.74) is 0.733. The van der Waals surface area contributed by atoms with E-state index in [1.165, 1.54) is 6.07 Å². The third-order valence-electron chi connectivity index (χ3n) is 4.04. The fourth-order valence-corrected chi connectivity index (χ4v) is 2.91. The van der Waals surface area contributed by atoms with E-state index in [1.807, 2.05) is 0 Å². The smallest absolute Gasteiger partial charge is 0.282 e. The van der Waals surface area contributed by atoms with Crippen molar-refractivity contribution in [2.45, 2.75) is 32.7 Å². The van der Waals surface area contributed by atoms with E-state index in [0.717, 1.165) is 12.8 Å². The minimum atomic E-state index is -0.493. The highest BCUT2D eigenvalue weighted by Crippen LogP contribution is 2.29. The van der Waals surface area contributed by atoms with Gasteiger partial charge in [0.15, 0.2) is 0 Å². The lowest BCUT2D eigenvalue weighted by atomic mass is 10.0. The standard InChI is InChI=1S/C15H21N3O3/c1-10(2)13-5-4-8-17(13)15(19)12-9-11(16-3)6-7-14(12)18(20)21/h6-7,9-10,13,16H,4-5,8H2,1-3H3. The first kappa shape index (κ1) is 15.3. The first-order chi connectivity index (χ1) is 9.95. The number of carbonyl (C=O) groups excluding carboxylic acids is 1. The lowest BCUT2D eigenvalue weighted by molar-refractivity contribution is -0.385. The number of nitro groups is 1. The fraction of sp³-hybridized carbons (Fsp3) is 0.533. The van der Waals surface area contributed by atoms with Crippen LogP contribution in [-0.4, -0.2) is 35.4 Å². The molecule has 1 saturated heterocycles. The molecule has 1 N–H and O–H groups in total. The average Bonchev–Trinajstić information content (AvgIpc) is 2.95. The minimum absolute atomic E-state index is 0.131. The second kappa shape index (κ2) is 6.11. The normalized spacial score (nSPS) is 18.1. The van der Waals surface area contributed by atoms with Gasteiger partial charge in [-0.25, -0.2) is 0 Å². The molecule has 0 aromatic heterocycles. The molecular formula is C15H21N3O3. The molecule has 0 aliphatic carbocycles. The van der Waals surface area contributed by atoms with Crippen molar-refractivity contribution in [1.82, 2.24) is 4.90 Å². The molecule has 114 valence electrons. The van der Waals surface area contributed by atoms with E-state index in [2.05, 4.69) is 19.2 Å². The summed E-state index contributed by atoms with van der Waals surface area (Å²) in [6.45, 7) is 4.83. The molecule has 6 nitrogen and oxygen atoms in total. The molecule has 1 aliphatic heterocycles. The van der Waals surface area contributed by atoms with Crippen LogP contribution in [0.15, 0.2) is 18.2 Å². The van der Waals surface area contributed by atoms with Gasteiger partial charge in [-0.3, -0.25) is 14.9 Å². The van der Waals surface area contributed by atoms with Crippen molar-refractivity contribution in [1.29, 1.82) is 0 Å². The van der Waals surface area contributed by atoms with Crippen molar-refractivity contribution < 1.29 is 9.72 Å². The van der Waals surface area contributed by atoms with Crippen LogP contribution in [0.25, 0.3) is 0 Å². The Balaban J connectivity index is 2.39. The molecule has 1 heterocycles. The summed E-state index contributed by atoms with van der Waals surface area (Å²) >= 11 is 0. The van der Waals surface area contributed by atoms with Gasteiger partial charge in [-0.1, -0.05) is 13.8 Å². The maximum atomic E-state index is 12.7. The predicted molar refractivity (Wildman–Crippen MR) is 81.5 cm³/mol. The molecule has 1 atom stereocenters. The quantitative estimate of drug-likeness (QED) is 0.683. The van der Waals surface area contributed by atoms with E-state index in [4.69, 9.17) is 0 Å². The first-order valence-electron chi connectivity index (χ1n) is 7.23. The van der Waals surface area contributed by atoms with E-state index in [-0.39, 0.29) is 23.2 Å². The topological polar surface area (TPSA) is 75.5 Å². The van der Waals surface area contributed by atoms with Crippen LogP contribution in [0.5, 0.6) is 0 Å². The first-order valence-corrected chi connectivity index (χ1v) is 7.23. The maximum absolute atomic E-state index is 12.7. The molecule has 0 bridgehead atoms. The molecule has 1 aliphatic rings. The number of carbonyl (C=O) groups is 1. The largest absolute Gasteiger partial charge is 0.388 e. The third-order valence-corrected chi connectivity index (χ3v) is 4.04. The van der Waals surface area contributed by atoms with E-state index in [0.29, 0.717) is 18.2 Å². The maximum Gasteiger partial charge on any atom is 0.282 e. The Morgan fingerprint density at radius 2 is 2.19 bits per heavy atom. The van der Waals surface area contributed by atoms with Crippen LogP contribution in [0.1, 0.15) is 37.0 Å². The number of hydrogen-bond donors (Lipinski definition) is 1. The van der Waals surface area contributed by atoms with Crippen LogP contribution in [0.2, 0.25) is 0 Å². The Kier molecular flexibility index (Phi) is 4.45. The van der Waals surface area contributed by atoms with Crippen molar-refractivity contribution in [2.75, 3.05) is 18.9 Å². The molecule has 1 aromatic carbocycles. The van der Waals surface area contributed by atoms with Crippen LogP contribution in [0.3, 0.4) is 0 Å². The second-order valence-electron chi connectivity index (χ2n) is 5.69. The summed E-state index contributed by atoms with van der Waals surface area (Å²) in [6, 6.07) is 4.73.